The van der Waals surface area contributed by atoms with E-state index in [9.17, 15) is 75.7 Å². The highest BCUT2D eigenvalue weighted by molar-refractivity contribution is 5.77. The molecule has 18 unspecified atom stereocenters. The maximum absolute atomic E-state index is 13.5. The Morgan fingerprint density at radius 1 is 0.515 bits per heavy atom. The lowest BCUT2D eigenvalue weighted by Gasteiger charge is -2.50. The number of carboxylic acid groups (broad SMARTS) is 1. The third-order valence-corrected chi connectivity index (χ3v) is 20.4. The van der Waals surface area contributed by atoms with E-state index in [1.807, 2.05) is 6.08 Å². The van der Waals surface area contributed by atoms with Crippen molar-refractivity contribution in [2.24, 2.45) is 0 Å². The Morgan fingerprint density at radius 2 is 0.931 bits per heavy atom. The third-order valence-electron chi connectivity index (χ3n) is 20.4. The molecular formula is C78H144N2O21. The molecule has 14 N–H and O–H groups in total. The largest absolute Gasteiger partial charge is 0.477 e. The molecular weight excluding hydrogens is 1300 g/mol. The molecule has 23 heteroatoms. The van der Waals surface area contributed by atoms with Gasteiger partial charge in [0.2, 0.25) is 11.8 Å². The Hall–Kier alpha value is -2.79. The van der Waals surface area contributed by atoms with Gasteiger partial charge in [-0.05, 0) is 44.9 Å². The summed E-state index contributed by atoms with van der Waals surface area (Å²) in [6.07, 6.45) is 33.5. The normalized spacial score (nSPS) is 26.9. The van der Waals surface area contributed by atoms with Crippen molar-refractivity contribution in [1.29, 1.82) is 0 Å². The molecule has 0 aromatic heterocycles. The molecule has 0 bridgehead atoms. The van der Waals surface area contributed by atoms with E-state index in [4.69, 9.17) is 28.4 Å². The molecule has 0 saturated carbocycles. The molecule has 2 amide bonds. The molecule has 3 heterocycles. The van der Waals surface area contributed by atoms with E-state index < -0.39 is 155 Å². The van der Waals surface area contributed by atoms with Gasteiger partial charge in [0.25, 0.3) is 5.79 Å². The second kappa shape index (κ2) is 57.4. The summed E-state index contributed by atoms with van der Waals surface area (Å²) in [5, 5.41) is 136. The third kappa shape index (κ3) is 38.0. The van der Waals surface area contributed by atoms with Crippen LogP contribution in [0.4, 0.5) is 0 Å². The summed E-state index contributed by atoms with van der Waals surface area (Å²) in [5.74, 6) is -6.14. The smallest absolute Gasteiger partial charge is 0.364 e. The van der Waals surface area contributed by atoms with Gasteiger partial charge in [0, 0.05) is 19.8 Å². The molecule has 3 saturated heterocycles. The van der Waals surface area contributed by atoms with Crippen LogP contribution in [0.1, 0.15) is 316 Å². The van der Waals surface area contributed by atoms with Crippen LogP contribution in [0.15, 0.2) is 24.3 Å². The fraction of sp³-hybridized carbons (Fsp3) is 0.910. The minimum Gasteiger partial charge on any atom is -0.477 e. The number of aliphatic carboxylic acids is 1. The van der Waals surface area contributed by atoms with Gasteiger partial charge >= 0.3 is 5.97 Å². The van der Waals surface area contributed by atoms with Crippen molar-refractivity contribution in [2.75, 3.05) is 26.4 Å². The Kier molecular flexibility index (Phi) is 52.5. The number of aliphatic hydroxyl groups is 11. The first kappa shape index (κ1) is 92.4. The monoisotopic (exact) mass is 1450 g/mol. The Bertz CT molecular complexity index is 2110. The van der Waals surface area contributed by atoms with Crippen molar-refractivity contribution >= 4 is 17.8 Å². The maximum Gasteiger partial charge on any atom is 0.364 e. The lowest BCUT2D eigenvalue weighted by atomic mass is 9.88. The highest BCUT2D eigenvalue weighted by atomic mass is 16.8. The predicted molar refractivity (Wildman–Crippen MR) is 389 cm³/mol. The van der Waals surface area contributed by atoms with E-state index in [1.54, 1.807) is 6.08 Å². The van der Waals surface area contributed by atoms with Gasteiger partial charge in [0.05, 0.1) is 50.7 Å². The molecule has 0 radical (unpaired) electrons. The number of rotatable bonds is 63. The SMILES string of the molecule is CCCCCCCCCCCCCC/C=C\CCCCCCCCCCCC(=O)NC(COC1OC(CO)C(OC2OC(CO)C(O)C(OC3(C(=O)O)CC(O)C(NC(C)=O)C(C(O)C(O)CO)O3)C2O)C(O)C1O)C(O)/C=C/CCCCCCCCCCCCCCCCCCCCCC. The van der Waals surface area contributed by atoms with Crippen LogP contribution in [0.5, 0.6) is 0 Å². The number of hydrogen-bond donors (Lipinski definition) is 14. The Morgan fingerprint density at radius 3 is 1.35 bits per heavy atom. The van der Waals surface area contributed by atoms with Crippen LogP contribution in [-0.2, 0) is 42.8 Å². The van der Waals surface area contributed by atoms with Gasteiger partial charge in [-0.15, -0.1) is 0 Å². The first-order valence-corrected chi connectivity index (χ1v) is 40.2. The minimum absolute atomic E-state index is 0.199. The fourth-order valence-electron chi connectivity index (χ4n) is 14.0. The average Bonchev–Trinajstić information content (AvgIpc) is 0.756. The molecule has 3 aliphatic heterocycles. The Labute approximate surface area is 606 Å². The van der Waals surface area contributed by atoms with E-state index >= 15 is 0 Å². The zero-order chi connectivity index (χ0) is 73.9. The zero-order valence-corrected chi connectivity index (χ0v) is 62.5. The Balaban J connectivity index is 1.53. The molecule has 3 aliphatic rings. The van der Waals surface area contributed by atoms with E-state index in [2.05, 4.69) is 36.6 Å². The number of allylic oxidation sites excluding steroid dienone is 3. The average molecular weight is 1450 g/mol. The molecule has 0 aromatic rings. The van der Waals surface area contributed by atoms with Gasteiger partial charge in [-0.1, -0.05) is 276 Å². The molecule has 0 aromatic carbocycles. The summed E-state index contributed by atoms with van der Waals surface area (Å²) >= 11 is 0. The van der Waals surface area contributed by atoms with Crippen LogP contribution < -0.4 is 10.6 Å². The molecule has 18 atom stereocenters. The van der Waals surface area contributed by atoms with Gasteiger partial charge in [-0.2, -0.15) is 0 Å². The van der Waals surface area contributed by atoms with Crippen molar-refractivity contribution in [1.82, 2.24) is 10.6 Å². The van der Waals surface area contributed by atoms with Crippen molar-refractivity contribution in [3.05, 3.63) is 24.3 Å². The highest BCUT2D eigenvalue weighted by Crippen LogP contribution is 2.39. The van der Waals surface area contributed by atoms with Crippen molar-refractivity contribution in [2.45, 2.75) is 426 Å². The molecule has 0 aliphatic carbocycles. The fourth-order valence-corrected chi connectivity index (χ4v) is 14.0. The van der Waals surface area contributed by atoms with E-state index in [0.717, 1.165) is 58.3 Å². The van der Waals surface area contributed by atoms with Crippen molar-refractivity contribution in [3.8, 4) is 0 Å². The summed E-state index contributed by atoms with van der Waals surface area (Å²) in [7, 11) is 0. The number of aliphatic hydroxyl groups excluding tert-OH is 11. The quantitative estimate of drug-likeness (QED) is 0.0199. The van der Waals surface area contributed by atoms with Crippen LogP contribution >= 0.6 is 0 Å². The van der Waals surface area contributed by atoms with Gasteiger partial charge in [-0.25, -0.2) is 4.79 Å². The number of carbonyl (C=O) groups excluding carboxylic acids is 2. The van der Waals surface area contributed by atoms with Gasteiger partial charge < -0.3 is 100 Å². The number of amides is 2. The zero-order valence-electron chi connectivity index (χ0n) is 62.5. The summed E-state index contributed by atoms with van der Waals surface area (Å²) in [6, 6.07) is -2.62. The molecule has 592 valence electrons. The summed E-state index contributed by atoms with van der Waals surface area (Å²) in [4.78, 5) is 38.7. The van der Waals surface area contributed by atoms with Crippen LogP contribution in [0.25, 0.3) is 0 Å². The highest BCUT2D eigenvalue weighted by Gasteiger charge is 2.60. The van der Waals surface area contributed by atoms with Crippen LogP contribution in [0, 0.1) is 0 Å². The van der Waals surface area contributed by atoms with E-state index in [1.165, 1.54) is 218 Å². The lowest BCUT2D eigenvalue weighted by Crippen LogP contribution is -2.70. The topological polar surface area (TPSA) is 373 Å². The van der Waals surface area contributed by atoms with Crippen LogP contribution in [-0.4, -0.2) is 215 Å². The first-order chi connectivity index (χ1) is 48.9. The molecule has 0 spiro atoms. The number of carboxylic acids is 1. The molecule has 101 heavy (non-hydrogen) atoms. The maximum atomic E-state index is 13.5. The molecule has 3 fully saturated rings. The van der Waals surface area contributed by atoms with Crippen molar-refractivity contribution in [3.63, 3.8) is 0 Å². The lowest BCUT2D eigenvalue weighted by molar-refractivity contribution is -0.386. The van der Waals surface area contributed by atoms with Crippen LogP contribution in [0.2, 0.25) is 0 Å². The standard InChI is InChI=1S/C78H144N2O21/c1-4-6-8-10-12-14-16-18-20-22-24-26-28-29-30-32-34-36-38-40-42-44-46-48-50-52-65(88)80-59(60(85)51-49-47-45-43-41-39-37-35-33-31-27-25-23-21-19-17-15-13-11-9-7-5-2)57-96-75-70(92)69(91)72(64(56-83)98-75)99-76-71(93)74(68(90)63(55-82)97-76)101-78(77(94)95)53-61(86)66(79-58(3)84)73(100-78)67(89)62(87)54-81/h29-30,49,51,59-64,66-76,81-83,85-87,89-93H,4-28,31-48,50,52-57H2,1-3H3,(H,79,84)(H,80,88)(H,94,95)/b30-29-,51-49+. The van der Waals surface area contributed by atoms with E-state index in [-0.39, 0.29) is 12.3 Å². The molecule has 23 nitrogen and oxygen atoms in total. The minimum atomic E-state index is -3.08. The predicted octanol–water partition coefficient (Wildman–Crippen LogP) is 10.4. The number of carbonyl (C=O) groups is 3. The summed E-state index contributed by atoms with van der Waals surface area (Å²) in [6.45, 7) is 2.19. The summed E-state index contributed by atoms with van der Waals surface area (Å²) < 4.78 is 34.9. The second-order valence-corrected chi connectivity index (χ2v) is 29.3. The van der Waals surface area contributed by atoms with Crippen molar-refractivity contribution < 1.29 is 104 Å². The number of hydrogen-bond acceptors (Lipinski definition) is 20. The molecule has 3 rings (SSSR count). The number of nitrogens with one attached hydrogen (secondary N) is 2. The van der Waals surface area contributed by atoms with Gasteiger partial charge in [0.1, 0.15) is 67.1 Å². The summed E-state index contributed by atoms with van der Waals surface area (Å²) in [5.41, 5.74) is 0. The van der Waals surface area contributed by atoms with Gasteiger partial charge in [0.15, 0.2) is 12.6 Å². The van der Waals surface area contributed by atoms with E-state index in [0.29, 0.717) is 12.8 Å². The first-order valence-electron chi connectivity index (χ1n) is 40.2. The number of unbranched alkanes of at least 4 members (excludes halogenated alkanes) is 41. The van der Waals surface area contributed by atoms with Crippen LogP contribution in [0.3, 0.4) is 0 Å². The second-order valence-electron chi connectivity index (χ2n) is 29.3. The number of ether oxygens (including phenoxy) is 6. The van der Waals surface area contributed by atoms with Gasteiger partial charge in [-0.3, -0.25) is 9.59 Å².